The molecule has 0 aromatic heterocycles. The monoisotopic (exact) mass is 452 g/mol. The van der Waals surface area contributed by atoms with Crippen LogP contribution in [-0.4, -0.2) is 55.0 Å². The van der Waals surface area contributed by atoms with E-state index in [-0.39, 0.29) is 30.4 Å². The van der Waals surface area contributed by atoms with Crippen LogP contribution < -0.4 is 10.6 Å². The second kappa shape index (κ2) is 9.62. The van der Waals surface area contributed by atoms with E-state index >= 15 is 0 Å². The maximum absolute atomic E-state index is 12.4. The SMILES string of the molecule is CO[C@H](C)[C@H](NC(=O)C1CC(NC(=O)OCC2c3ccccc3-c3ccccc32)C1)C(=O)O. The molecule has 2 aromatic rings. The molecule has 174 valence electrons. The van der Waals surface area contributed by atoms with Gasteiger partial charge in [-0.2, -0.15) is 0 Å². The molecule has 2 aliphatic rings. The fourth-order valence-electron chi connectivity index (χ4n) is 4.54. The Morgan fingerprint density at radius 3 is 2.15 bits per heavy atom. The van der Waals surface area contributed by atoms with E-state index in [0.717, 1.165) is 22.3 Å². The summed E-state index contributed by atoms with van der Waals surface area (Å²) < 4.78 is 10.6. The highest BCUT2D eigenvalue weighted by Crippen LogP contribution is 2.44. The van der Waals surface area contributed by atoms with Gasteiger partial charge in [-0.15, -0.1) is 0 Å². The van der Waals surface area contributed by atoms with Gasteiger partial charge < -0.3 is 25.2 Å². The van der Waals surface area contributed by atoms with Gasteiger partial charge in [-0.25, -0.2) is 9.59 Å². The van der Waals surface area contributed by atoms with Crippen molar-refractivity contribution in [3.63, 3.8) is 0 Å². The number of carboxylic acids is 1. The van der Waals surface area contributed by atoms with Gasteiger partial charge in [-0.3, -0.25) is 4.79 Å². The summed E-state index contributed by atoms with van der Waals surface area (Å²) in [6, 6.07) is 15.0. The van der Waals surface area contributed by atoms with Crippen LogP contribution in [0.4, 0.5) is 4.79 Å². The molecule has 2 aromatic carbocycles. The average Bonchev–Trinajstić information content (AvgIpc) is 3.11. The quantitative estimate of drug-likeness (QED) is 0.568. The Hall–Kier alpha value is -3.39. The van der Waals surface area contributed by atoms with Gasteiger partial charge in [0.25, 0.3) is 0 Å². The van der Waals surface area contributed by atoms with Crippen molar-refractivity contribution in [2.24, 2.45) is 5.92 Å². The highest BCUT2D eigenvalue weighted by molar-refractivity contribution is 5.86. The fourth-order valence-corrected chi connectivity index (χ4v) is 4.54. The Balaban J connectivity index is 1.26. The number of amides is 2. The molecule has 4 rings (SSSR count). The highest BCUT2D eigenvalue weighted by atomic mass is 16.5. The molecule has 2 amide bonds. The lowest BCUT2D eigenvalue weighted by atomic mass is 9.79. The molecule has 0 saturated heterocycles. The molecule has 1 fully saturated rings. The normalized spacial score (nSPS) is 20.5. The second-order valence-electron chi connectivity index (χ2n) is 8.60. The Bertz CT molecular complexity index is 1000. The van der Waals surface area contributed by atoms with E-state index in [0.29, 0.717) is 12.8 Å². The average molecular weight is 453 g/mol. The molecular weight excluding hydrogens is 424 g/mol. The summed E-state index contributed by atoms with van der Waals surface area (Å²) in [5, 5.41) is 14.6. The van der Waals surface area contributed by atoms with Gasteiger partial charge in [-0.1, -0.05) is 48.5 Å². The first-order valence-electron chi connectivity index (χ1n) is 11.1. The molecule has 0 bridgehead atoms. The molecule has 0 spiro atoms. The molecule has 3 N–H and O–H groups in total. The zero-order chi connectivity index (χ0) is 23.5. The molecule has 2 atom stereocenters. The lowest BCUT2D eigenvalue weighted by molar-refractivity contribution is -0.146. The van der Waals surface area contributed by atoms with Crippen LogP contribution in [0.5, 0.6) is 0 Å². The summed E-state index contributed by atoms with van der Waals surface area (Å²) in [6.45, 7) is 1.81. The zero-order valence-corrected chi connectivity index (χ0v) is 18.6. The number of ether oxygens (including phenoxy) is 2. The van der Waals surface area contributed by atoms with Crippen molar-refractivity contribution in [1.29, 1.82) is 0 Å². The van der Waals surface area contributed by atoms with Crippen molar-refractivity contribution in [1.82, 2.24) is 10.6 Å². The third-order valence-corrected chi connectivity index (χ3v) is 6.58. The fraction of sp³-hybridized carbons (Fsp3) is 0.400. The molecule has 1 saturated carbocycles. The van der Waals surface area contributed by atoms with Gasteiger partial charge >= 0.3 is 12.1 Å². The number of rotatable bonds is 8. The smallest absolute Gasteiger partial charge is 0.407 e. The number of carbonyl (C=O) groups is 3. The number of hydrogen-bond acceptors (Lipinski definition) is 5. The maximum atomic E-state index is 12.4. The van der Waals surface area contributed by atoms with Crippen LogP contribution in [0, 0.1) is 5.92 Å². The minimum atomic E-state index is -1.15. The van der Waals surface area contributed by atoms with Crippen LogP contribution in [-0.2, 0) is 19.1 Å². The number of methoxy groups -OCH3 is 1. The van der Waals surface area contributed by atoms with E-state index in [2.05, 4.69) is 34.9 Å². The standard InChI is InChI=1S/C25H28N2O6/c1-14(32-2)22(24(29)30)27-23(28)15-11-16(12-15)26-25(31)33-13-21-19-9-5-3-7-17(19)18-8-4-6-10-20(18)21/h3-10,14-16,21-22H,11-13H2,1-2H3,(H,26,31)(H,27,28)(H,29,30)/t14-,15?,16?,22+/m1/s1. The van der Waals surface area contributed by atoms with Crippen molar-refractivity contribution in [2.45, 2.75) is 43.9 Å². The molecule has 8 nitrogen and oxygen atoms in total. The number of carbonyl (C=O) groups excluding carboxylic acids is 2. The third-order valence-electron chi connectivity index (χ3n) is 6.58. The Kier molecular flexibility index (Phi) is 6.65. The molecule has 0 unspecified atom stereocenters. The van der Waals surface area contributed by atoms with Crippen molar-refractivity contribution in [3.8, 4) is 11.1 Å². The number of aliphatic carboxylic acids is 1. The van der Waals surface area contributed by atoms with Crippen LogP contribution in [0.1, 0.15) is 36.8 Å². The molecule has 8 heteroatoms. The third kappa shape index (κ3) is 4.71. The predicted octanol–water partition coefficient (Wildman–Crippen LogP) is 2.91. The van der Waals surface area contributed by atoms with Crippen molar-refractivity contribution >= 4 is 18.0 Å². The predicted molar refractivity (Wildman–Crippen MR) is 121 cm³/mol. The summed E-state index contributed by atoms with van der Waals surface area (Å²) >= 11 is 0. The Morgan fingerprint density at radius 2 is 1.61 bits per heavy atom. The van der Waals surface area contributed by atoms with Gasteiger partial charge in [-0.05, 0) is 42.0 Å². The van der Waals surface area contributed by atoms with E-state index in [9.17, 15) is 19.5 Å². The number of fused-ring (bicyclic) bond motifs is 3. The topological polar surface area (TPSA) is 114 Å². The van der Waals surface area contributed by atoms with Crippen LogP contribution in [0.15, 0.2) is 48.5 Å². The largest absolute Gasteiger partial charge is 0.480 e. The maximum Gasteiger partial charge on any atom is 0.407 e. The van der Waals surface area contributed by atoms with Gasteiger partial charge in [0.05, 0.1) is 6.10 Å². The number of hydrogen-bond donors (Lipinski definition) is 3. The minimum Gasteiger partial charge on any atom is -0.480 e. The van der Waals surface area contributed by atoms with Crippen molar-refractivity contribution in [2.75, 3.05) is 13.7 Å². The van der Waals surface area contributed by atoms with Gasteiger partial charge in [0.1, 0.15) is 6.61 Å². The van der Waals surface area contributed by atoms with Crippen LogP contribution in [0.25, 0.3) is 11.1 Å². The molecule has 0 aliphatic heterocycles. The van der Waals surface area contributed by atoms with Gasteiger partial charge in [0, 0.05) is 25.0 Å². The Labute approximate surface area is 192 Å². The number of benzene rings is 2. The van der Waals surface area contributed by atoms with Crippen LogP contribution in [0.2, 0.25) is 0 Å². The van der Waals surface area contributed by atoms with E-state index in [1.165, 1.54) is 7.11 Å². The lowest BCUT2D eigenvalue weighted by Crippen LogP contribution is -2.54. The number of carboxylic acid groups (broad SMARTS) is 1. The molecule has 0 radical (unpaired) electrons. The first-order valence-corrected chi connectivity index (χ1v) is 11.1. The summed E-state index contributed by atoms with van der Waals surface area (Å²) in [6.07, 6.45) is -0.300. The van der Waals surface area contributed by atoms with Crippen molar-refractivity contribution < 1.29 is 29.0 Å². The summed E-state index contributed by atoms with van der Waals surface area (Å²) in [5.74, 6) is -1.86. The second-order valence-corrected chi connectivity index (χ2v) is 8.60. The number of nitrogens with one attached hydrogen (secondary N) is 2. The molecule has 33 heavy (non-hydrogen) atoms. The highest BCUT2D eigenvalue weighted by Gasteiger charge is 2.38. The minimum absolute atomic E-state index is 0.0150. The summed E-state index contributed by atoms with van der Waals surface area (Å²) in [5.41, 5.74) is 4.62. The first-order chi connectivity index (χ1) is 15.9. The van der Waals surface area contributed by atoms with E-state index in [1.807, 2.05) is 24.3 Å². The lowest BCUT2D eigenvalue weighted by Gasteiger charge is -2.35. The molecule has 0 heterocycles. The van der Waals surface area contributed by atoms with Crippen molar-refractivity contribution in [3.05, 3.63) is 59.7 Å². The Morgan fingerprint density at radius 1 is 1.03 bits per heavy atom. The van der Waals surface area contributed by atoms with Gasteiger partial charge in [0.15, 0.2) is 6.04 Å². The van der Waals surface area contributed by atoms with E-state index in [1.54, 1.807) is 6.92 Å². The van der Waals surface area contributed by atoms with E-state index < -0.39 is 24.2 Å². The van der Waals surface area contributed by atoms with Crippen LogP contribution in [0.3, 0.4) is 0 Å². The summed E-state index contributed by atoms with van der Waals surface area (Å²) in [4.78, 5) is 36.1. The zero-order valence-electron chi connectivity index (χ0n) is 18.6. The van der Waals surface area contributed by atoms with Gasteiger partial charge in [0.2, 0.25) is 5.91 Å². The molecular formula is C25H28N2O6. The number of alkyl carbamates (subject to hydrolysis) is 1. The first kappa shape index (κ1) is 22.8. The molecule has 2 aliphatic carbocycles. The summed E-state index contributed by atoms with van der Waals surface area (Å²) in [7, 11) is 1.39. The van der Waals surface area contributed by atoms with Crippen LogP contribution >= 0.6 is 0 Å². The van der Waals surface area contributed by atoms with E-state index in [4.69, 9.17) is 9.47 Å².